The fraction of sp³-hybridized carbons (Fsp3) is 0.125. The maximum Gasteiger partial charge on any atom is 0.104 e. The zero-order chi connectivity index (χ0) is 13.0. The summed E-state index contributed by atoms with van der Waals surface area (Å²) >= 11 is 5.88. The third-order valence-corrected chi connectivity index (χ3v) is 6.15. The van der Waals surface area contributed by atoms with E-state index in [9.17, 15) is 0 Å². The van der Waals surface area contributed by atoms with Gasteiger partial charge in [0.25, 0.3) is 0 Å². The lowest BCUT2D eigenvalue weighted by Gasteiger charge is -2.18. The Morgan fingerprint density at radius 2 is 1.50 bits per heavy atom. The van der Waals surface area contributed by atoms with E-state index in [-0.39, 0.29) is 0 Å². The van der Waals surface area contributed by atoms with Gasteiger partial charge in [-0.15, -0.1) is 0 Å². The summed E-state index contributed by atoms with van der Waals surface area (Å²) < 4.78 is 0. The minimum absolute atomic E-state index is 0.784. The average Bonchev–Trinajstić information content (AvgIpc) is 2.39. The summed E-state index contributed by atoms with van der Waals surface area (Å²) in [5.74, 6) is 0. The molecule has 92 valence electrons. The lowest BCUT2D eigenvalue weighted by Crippen LogP contribution is -2.39. The summed E-state index contributed by atoms with van der Waals surface area (Å²) in [5, 5.41) is 2.24. The molecule has 0 heterocycles. The van der Waals surface area contributed by atoms with Gasteiger partial charge in [-0.3, -0.25) is 0 Å². The van der Waals surface area contributed by atoms with Gasteiger partial charge in [0.15, 0.2) is 0 Å². The predicted molar refractivity (Wildman–Crippen MR) is 84.0 cm³/mol. The van der Waals surface area contributed by atoms with Crippen LogP contribution < -0.4 is 5.19 Å². The molecule has 0 fully saturated rings. The Hall–Kier alpha value is -1.31. The average molecular weight is 273 g/mol. The van der Waals surface area contributed by atoms with Crippen molar-refractivity contribution in [2.24, 2.45) is 0 Å². The second kappa shape index (κ2) is 5.55. The number of benzene rings is 2. The van der Waals surface area contributed by atoms with Gasteiger partial charge in [-0.2, -0.15) is 0 Å². The minimum atomic E-state index is -1.49. The third kappa shape index (κ3) is 3.34. The van der Waals surface area contributed by atoms with Crippen molar-refractivity contribution in [3.8, 4) is 0 Å². The molecular formula is C16H17ClSi. The fourth-order valence-electron chi connectivity index (χ4n) is 1.84. The molecule has 0 aliphatic carbocycles. The molecule has 0 nitrogen and oxygen atoms in total. The van der Waals surface area contributed by atoms with E-state index in [2.05, 4.69) is 55.2 Å². The summed E-state index contributed by atoms with van der Waals surface area (Å²) in [6.45, 7) is 4.71. The van der Waals surface area contributed by atoms with Crippen LogP contribution in [0.2, 0.25) is 18.1 Å². The third-order valence-electron chi connectivity index (χ3n) is 3.08. The minimum Gasteiger partial charge on any atom is -0.0897 e. The van der Waals surface area contributed by atoms with Crippen molar-refractivity contribution in [1.29, 1.82) is 0 Å². The standard InChI is InChI=1S/C16H17ClSi/c1-18(2,16-6-4-3-5-7-16)13-12-14-8-10-15(17)11-9-14/h3-13H,1-2H3/b13-12+. The second-order valence-corrected chi connectivity index (χ2v) is 9.76. The Bertz CT molecular complexity index is 527. The first-order valence-corrected chi connectivity index (χ1v) is 9.54. The molecule has 2 rings (SSSR count). The molecule has 0 bridgehead atoms. The highest BCUT2D eigenvalue weighted by atomic mass is 35.5. The van der Waals surface area contributed by atoms with Gasteiger partial charge in [0, 0.05) is 5.02 Å². The highest BCUT2D eigenvalue weighted by Gasteiger charge is 2.18. The first kappa shape index (κ1) is 13.1. The monoisotopic (exact) mass is 272 g/mol. The van der Waals surface area contributed by atoms with Crippen molar-refractivity contribution in [1.82, 2.24) is 0 Å². The van der Waals surface area contributed by atoms with Crippen LogP contribution in [0.5, 0.6) is 0 Å². The molecule has 0 aliphatic rings. The van der Waals surface area contributed by atoms with Crippen molar-refractivity contribution in [3.05, 3.63) is 70.9 Å². The van der Waals surface area contributed by atoms with E-state index in [1.165, 1.54) is 10.8 Å². The molecule has 2 aromatic rings. The van der Waals surface area contributed by atoms with E-state index in [1.54, 1.807) is 0 Å². The number of halogens is 1. The maximum atomic E-state index is 5.88. The van der Waals surface area contributed by atoms with Crippen molar-refractivity contribution in [3.63, 3.8) is 0 Å². The van der Waals surface area contributed by atoms with Crippen LogP contribution in [0.1, 0.15) is 5.56 Å². The van der Waals surface area contributed by atoms with Crippen LogP contribution in [0.3, 0.4) is 0 Å². The van der Waals surface area contributed by atoms with Gasteiger partial charge in [0.05, 0.1) is 0 Å². The fourth-order valence-corrected chi connectivity index (χ4v) is 3.82. The molecule has 0 radical (unpaired) electrons. The molecule has 2 heteroatoms. The van der Waals surface area contributed by atoms with Gasteiger partial charge >= 0.3 is 0 Å². The molecule has 0 unspecified atom stereocenters. The smallest absolute Gasteiger partial charge is 0.0897 e. The van der Waals surface area contributed by atoms with Crippen molar-refractivity contribution in [2.75, 3.05) is 0 Å². The lowest BCUT2D eigenvalue weighted by atomic mass is 10.2. The van der Waals surface area contributed by atoms with E-state index in [4.69, 9.17) is 11.6 Å². The summed E-state index contributed by atoms with van der Waals surface area (Å²) in [6.07, 6.45) is 2.20. The van der Waals surface area contributed by atoms with Crippen LogP contribution in [-0.2, 0) is 0 Å². The van der Waals surface area contributed by atoms with E-state index >= 15 is 0 Å². The van der Waals surface area contributed by atoms with Crippen LogP contribution in [0, 0.1) is 0 Å². The van der Waals surface area contributed by atoms with Crippen molar-refractivity contribution in [2.45, 2.75) is 13.1 Å². The van der Waals surface area contributed by atoms with Gasteiger partial charge in [-0.25, -0.2) is 0 Å². The van der Waals surface area contributed by atoms with Crippen LogP contribution in [0.4, 0.5) is 0 Å². The molecule has 18 heavy (non-hydrogen) atoms. The van der Waals surface area contributed by atoms with Gasteiger partial charge in [-0.1, -0.05) is 84.1 Å². The molecule has 0 aliphatic heterocycles. The molecule has 0 saturated heterocycles. The van der Waals surface area contributed by atoms with Crippen LogP contribution in [-0.4, -0.2) is 8.07 Å². The van der Waals surface area contributed by atoms with Crippen LogP contribution in [0.25, 0.3) is 6.08 Å². The first-order valence-electron chi connectivity index (χ1n) is 6.08. The highest BCUT2D eigenvalue weighted by Crippen LogP contribution is 2.13. The lowest BCUT2D eigenvalue weighted by molar-refractivity contribution is 1.65. The van der Waals surface area contributed by atoms with Gasteiger partial charge < -0.3 is 0 Å². The van der Waals surface area contributed by atoms with E-state index in [1.807, 2.05) is 24.3 Å². The Kier molecular flexibility index (Phi) is 4.05. The Labute approximate surface area is 115 Å². The molecule has 0 atom stereocenters. The number of hydrogen-bond donors (Lipinski definition) is 0. The zero-order valence-corrected chi connectivity index (χ0v) is 12.5. The van der Waals surface area contributed by atoms with E-state index in [0.717, 1.165) is 5.02 Å². The van der Waals surface area contributed by atoms with Gasteiger partial charge in [0.1, 0.15) is 8.07 Å². The highest BCUT2D eigenvalue weighted by molar-refractivity contribution is 6.94. The molecular weight excluding hydrogens is 256 g/mol. The molecule has 0 aromatic heterocycles. The maximum absolute atomic E-state index is 5.88. The Morgan fingerprint density at radius 1 is 0.889 bits per heavy atom. The van der Waals surface area contributed by atoms with Gasteiger partial charge in [0.2, 0.25) is 0 Å². The number of rotatable bonds is 3. The summed E-state index contributed by atoms with van der Waals surface area (Å²) in [4.78, 5) is 0. The van der Waals surface area contributed by atoms with E-state index < -0.39 is 8.07 Å². The van der Waals surface area contributed by atoms with Crippen molar-refractivity contribution < 1.29 is 0 Å². The van der Waals surface area contributed by atoms with Crippen LogP contribution >= 0.6 is 11.6 Å². The first-order chi connectivity index (χ1) is 8.58. The normalized spacial score (nSPS) is 11.9. The quantitative estimate of drug-likeness (QED) is 0.722. The summed E-state index contributed by atoms with van der Waals surface area (Å²) in [5.41, 5.74) is 3.57. The zero-order valence-electron chi connectivity index (χ0n) is 10.7. The topological polar surface area (TPSA) is 0 Å². The SMILES string of the molecule is C[Si](C)(/C=C/c1ccc(Cl)cc1)c1ccccc1. The summed E-state index contributed by atoms with van der Waals surface area (Å²) in [6, 6.07) is 18.7. The summed E-state index contributed by atoms with van der Waals surface area (Å²) in [7, 11) is -1.49. The largest absolute Gasteiger partial charge is 0.104 e. The molecule has 2 aromatic carbocycles. The van der Waals surface area contributed by atoms with Crippen LogP contribution in [0.15, 0.2) is 60.3 Å². The molecule has 0 saturated carbocycles. The molecule has 0 amide bonds. The molecule has 0 spiro atoms. The second-order valence-electron chi connectivity index (χ2n) is 4.97. The molecule has 0 N–H and O–H groups in total. The number of hydrogen-bond acceptors (Lipinski definition) is 0. The Balaban J connectivity index is 2.20. The Morgan fingerprint density at radius 3 is 2.11 bits per heavy atom. The van der Waals surface area contributed by atoms with Crippen molar-refractivity contribution >= 4 is 30.9 Å². The van der Waals surface area contributed by atoms with E-state index in [0.29, 0.717) is 0 Å². The van der Waals surface area contributed by atoms with Gasteiger partial charge in [-0.05, 0) is 17.7 Å². The predicted octanol–water partition coefficient (Wildman–Crippen LogP) is 4.51.